The van der Waals surface area contributed by atoms with Crippen LogP contribution >= 0.6 is 0 Å². The molecule has 1 atom stereocenters. The van der Waals surface area contributed by atoms with E-state index in [0.717, 1.165) is 32.0 Å². The summed E-state index contributed by atoms with van der Waals surface area (Å²) >= 11 is 0. The van der Waals surface area contributed by atoms with Gasteiger partial charge >= 0.3 is 6.09 Å². The fourth-order valence-corrected chi connectivity index (χ4v) is 2.53. The number of nitrogens with zero attached hydrogens (tertiary/aromatic N) is 1. The number of ether oxygens (including phenoxy) is 2. The first kappa shape index (κ1) is 12.3. The lowest BCUT2D eigenvalue weighted by molar-refractivity contribution is 0.0443. The Labute approximate surface area is 109 Å². The van der Waals surface area contributed by atoms with Gasteiger partial charge < -0.3 is 14.4 Å². The monoisotopic (exact) mass is 253 g/mol. The van der Waals surface area contributed by atoms with E-state index in [1.807, 2.05) is 0 Å². The second kappa shape index (κ2) is 5.47. The highest BCUT2D eigenvalue weighted by atomic mass is 16.6. The van der Waals surface area contributed by atoms with Gasteiger partial charge in [-0.2, -0.15) is 0 Å². The molecule has 4 heteroatoms. The van der Waals surface area contributed by atoms with E-state index in [-0.39, 0.29) is 12.2 Å². The molecule has 1 amide bonds. The molecule has 1 heterocycles. The largest absolute Gasteiger partial charge is 0.449 e. The molecule has 4 nitrogen and oxygen atoms in total. The average Bonchev–Trinajstić information content (AvgIpc) is 3.01. The van der Waals surface area contributed by atoms with Gasteiger partial charge in [0.2, 0.25) is 0 Å². The van der Waals surface area contributed by atoms with E-state index in [4.69, 9.17) is 9.47 Å². The standard InChI is InChI=1S/C14H23NO3/c16-14(18-10-11-2-1-3-11)15-7-6-13(8-15)17-9-12-4-5-12/h11-13H,1-10H2. The normalized spacial score (nSPS) is 28.2. The van der Waals surface area contributed by atoms with Gasteiger partial charge in [-0.3, -0.25) is 0 Å². The zero-order chi connectivity index (χ0) is 12.4. The molecule has 0 spiro atoms. The molecule has 0 aromatic carbocycles. The minimum atomic E-state index is -0.139. The highest BCUT2D eigenvalue weighted by Gasteiger charge is 2.30. The first-order valence-electron chi connectivity index (χ1n) is 7.34. The molecule has 3 rings (SSSR count). The fraction of sp³-hybridized carbons (Fsp3) is 0.929. The molecule has 0 bridgehead atoms. The van der Waals surface area contributed by atoms with E-state index < -0.39 is 0 Å². The number of likely N-dealkylation sites (tertiary alicyclic amines) is 1. The SMILES string of the molecule is O=C(OCC1CCC1)N1CCC(OCC2CC2)C1. The molecule has 2 aliphatic carbocycles. The van der Waals surface area contributed by atoms with Crippen molar-refractivity contribution in [3.8, 4) is 0 Å². The van der Waals surface area contributed by atoms with Gasteiger partial charge in [-0.1, -0.05) is 6.42 Å². The van der Waals surface area contributed by atoms with Crippen LogP contribution in [0.1, 0.15) is 38.5 Å². The molecule has 18 heavy (non-hydrogen) atoms. The van der Waals surface area contributed by atoms with Crippen molar-refractivity contribution in [1.29, 1.82) is 0 Å². The van der Waals surface area contributed by atoms with E-state index >= 15 is 0 Å². The Morgan fingerprint density at radius 1 is 1.06 bits per heavy atom. The maximum atomic E-state index is 11.8. The number of rotatable bonds is 5. The number of hydrogen-bond donors (Lipinski definition) is 0. The lowest BCUT2D eigenvalue weighted by atomic mass is 9.86. The summed E-state index contributed by atoms with van der Waals surface area (Å²) in [6.07, 6.45) is 7.44. The summed E-state index contributed by atoms with van der Waals surface area (Å²) < 4.78 is 11.2. The summed E-state index contributed by atoms with van der Waals surface area (Å²) in [7, 11) is 0. The zero-order valence-electron chi connectivity index (χ0n) is 11.0. The van der Waals surface area contributed by atoms with Gasteiger partial charge in [0.25, 0.3) is 0 Å². The quantitative estimate of drug-likeness (QED) is 0.755. The number of hydrogen-bond acceptors (Lipinski definition) is 3. The molecular weight excluding hydrogens is 230 g/mol. The molecule has 0 aromatic rings. The zero-order valence-corrected chi connectivity index (χ0v) is 11.0. The highest BCUT2D eigenvalue weighted by Crippen LogP contribution is 2.30. The molecule has 1 aliphatic heterocycles. The summed E-state index contributed by atoms with van der Waals surface area (Å²) in [5, 5.41) is 0. The van der Waals surface area contributed by atoms with Gasteiger partial charge in [0, 0.05) is 13.2 Å². The van der Waals surface area contributed by atoms with Crippen LogP contribution < -0.4 is 0 Å². The van der Waals surface area contributed by atoms with Crippen LogP contribution in [0.5, 0.6) is 0 Å². The van der Waals surface area contributed by atoms with Crippen LogP contribution in [0.15, 0.2) is 0 Å². The van der Waals surface area contributed by atoms with Crippen molar-refractivity contribution < 1.29 is 14.3 Å². The third kappa shape index (κ3) is 3.16. The fourth-order valence-electron chi connectivity index (χ4n) is 2.53. The third-order valence-corrected chi connectivity index (χ3v) is 4.34. The van der Waals surface area contributed by atoms with Crippen molar-refractivity contribution in [2.24, 2.45) is 11.8 Å². The summed E-state index contributed by atoms with van der Waals surface area (Å²) in [5.41, 5.74) is 0. The van der Waals surface area contributed by atoms with E-state index in [9.17, 15) is 4.79 Å². The van der Waals surface area contributed by atoms with Crippen LogP contribution in [-0.4, -0.2) is 43.4 Å². The Kier molecular flexibility index (Phi) is 3.73. The van der Waals surface area contributed by atoms with E-state index in [1.165, 1.54) is 32.1 Å². The minimum Gasteiger partial charge on any atom is -0.449 e. The van der Waals surface area contributed by atoms with Gasteiger partial charge in [0.05, 0.1) is 19.3 Å². The maximum Gasteiger partial charge on any atom is 0.409 e. The molecule has 3 aliphatic rings. The van der Waals surface area contributed by atoms with Crippen molar-refractivity contribution in [3.63, 3.8) is 0 Å². The molecule has 0 N–H and O–H groups in total. The summed E-state index contributed by atoms with van der Waals surface area (Å²) in [4.78, 5) is 13.6. The molecule has 1 unspecified atom stereocenters. The van der Waals surface area contributed by atoms with Gasteiger partial charge in [-0.05, 0) is 43.9 Å². The lowest BCUT2D eigenvalue weighted by Gasteiger charge is -2.26. The van der Waals surface area contributed by atoms with Gasteiger partial charge in [0.15, 0.2) is 0 Å². The molecule has 3 fully saturated rings. The minimum absolute atomic E-state index is 0.139. The van der Waals surface area contributed by atoms with Crippen LogP contribution in [0, 0.1) is 11.8 Å². The first-order chi connectivity index (χ1) is 8.81. The van der Waals surface area contributed by atoms with Crippen molar-refractivity contribution >= 4 is 6.09 Å². The van der Waals surface area contributed by atoms with Crippen LogP contribution in [-0.2, 0) is 9.47 Å². The molecule has 1 saturated heterocycles. The average molecular weight is 253 g/mol. The molecule has 2 saturated carbocycles. The topological polar surface area (TPSA) is 38.8 Å². The predicted molar refractivity (Wildman–Crippen MR) is 67.3 cm³/mol. The molecule has 0 radical (unpaired) electrons. The molecule has 102 valence electrons. The van der Waals surface area contributed by atoms with Gasteiger partial charge in [-0.25, -0.2) is 4.79 Å². The number of carbonyl (C=O) groups excluding carboxylic acids is 1. The number of amides is 1. The van der Waals surface area contributed by atoms with Crippen LogP contribution in [0.2, 0.25) is 0 Å². The number of carbonyl (C=O) groups is 1. The Morgan fingerprint density at radius 2 is 1.83 bits per heavy atom. The van der Waals surface area contributed by atoms with Gasteiger partial charge in [0.1, 0.15) is 0 Å². The maximum absolute atomic E-state index is 11.8. The second-order valence-electron chi connectivity index (χ2n) is 6.01. The molecule has 0 aromatic heterocycles. The van der Waals surface area contributed by atoms with Crippen molar-refractivity contribution in [3.05, 3.63) is 0 Å². The van der Waals surface area contributed by atoms with E-state index in [2.05, 4.69) is 0 Å². The van der Waals surface area contributed by atoms with E-state index in [1.54, 1.807) is 4.90 Å². The van der Waals surface area contributed by atoms with E-state index in [0.29, 0.717) is 12.5 Å². The van der Waals surface area contributed by atoms with Crippen LogP contribution in [0.25, 0.3) is 0 Å². The van der Waals surface area contributed by atoms with Crippen LogP contribution in [0.3, 0.4) is 0 Å². The van der Waals surface area contributed by atoms with Crippen molar-refractivity contribution in [1.82, 2.24) is 4.90 Å². The second-order valence-corrected chi connectivity index (χ2v) is 6.01. The highest BCUT2D eigenvalue weighted by molar-refractivity contribution is 5.68. The molecular formula is C14H23NO3. The Balaban J connectivity index is 1.33. The van der Waals surface area contributed by atoms with Crippen molar-refractivity contribution in [2.45, 2.75) is 44.6 Å². The van der Waals surface area contributed by atoms with Crippen LogP contribution in [0.4, 0.5) is 4.79 Å². The van der Waals surface area contributed by atoms with Crippen molar-refractivity contribution in [2.75, 3.05) is 26.3 Å². The lowest BCUT2D eigenvalue weighted by Crippen LogP contribution is -2.32. The summed E-state index contributed by atoms with van der Waals surface area (Å²) in [5.74, 6) is 1.42. The smallest absolute Gasteiger partial charge is 0.409 e. The Bertz CT molecular complexity index is 299. The Morgan fingerprint density at radius 3 is 2.50 bits per heavy atom. The van der Waals surface area contributed by atoms with Gasteiger partial charge in [-0.15, -0.1) is 0 Å². The predicted octanol–water partition coefficient (Wildman–Crippen LogP) is 2.42. The summed E-state index contributed by atoms with van der Waals surface area (Å²) in [6, 6.07) is 0. The summed E-state index contributed by atoms with van der Waals surface area (Å²) in [6.45, 7) is 3.01. The third-order valence-electron chi connectivity index (χ3n) is 4.34. The first-order valence-corrected chi connectivity index (χ1v) is 7.34. The Hall–Kier alpha value is -0.770.